The third-order valence-electron chi connectivity index (χ3n) is 4.73. The van der Waals surface area contributed by atoms with E-state index in [1.54, 1.807) is 7.11 Å². The van der Waals surface area contributed by atoms with Gasteiger partial charge in [-0.2, -0.15) is 0 Å². The van der Waals surface area contributed by atoms with Gasteiger partial charge in [0, 0.05) is 25.7 Å². The first-order valence-electron chi connectivity index (χ1n) is 8.02. The van der Waals surface area contributed by atoms with Crippen LogP contribution in [0.25, 0.3) is 0 Å². The van der Waals surface area contributed by atoms with Crippen LogP contribution < -0.4 is 5.73 Å². The van der Waals surface area contributed by atoms with E-state index in [9.17, 15) is 0 Å². The molecule has 19 heavy (non-hydrogen) atoms. The summed E-state index contributed by atoms with van der Waals surface area (Å²) < 4.78 is 5.26. The smallest absolute Gasteiger partial charge is 0.0589 e. The lowest BCUT2D eigenvalue weighted by molar-refractivity contribution is 0.0174. The summed E-state index contributed by atoms with van der Waals surface area (Å²) in [6, 6.07) is 0. The molecule has 0 saturated heterocycles. The first kappa shape index (κ1) is 16.9. The van der Waals surface area contributed by atoms with Crippen molar-refractivity contribution in [2.75, 3.05) is 33.4 Å². The van der Waals surface area contributed by atoms with Crippen molar-refractivity contribution in [2.45, 2.75) is 58.4 Å². The first-order valence-corrected chi connectivity index (χ1v) is 8.02. The van der Waals surface area contributed by atoms with Crippen molar-refractivity contribution in [1.82, 2.24) is 4.90 Å². The topological polar surface area (TPSA) is 38.5 Å². The molecule has 0 amide bonds. The van der Waals surface area contributed by atoms with Crippen LogP contribution in [0.3, 0.4) is 0 Å². The highest BCUT2D eigenvalue weighted by Gasteiger charge is 2.39. The molecule has 1 saturated carbocycles. The van der Waals surface area contributed by atoms with Crippen LogP contribution >= 0.6 is 0 Å². The van der Waals surface area contributed by atoms with Gasteiger partial charge in [0.1, 0.15) is 0 Å². The summed E-state index contributed by atoms with van der Waals surface area (Å²) in [4.78, 5) is 2.57. The first-order chi connectivity index (χ1) is 9.07. The predicted molar refractivity (Wildman–Crippen MR) is 82.3 cm³/mol. The minimum atomic E-state index is 0.227. The molecule has 2 N–H and O–H groups in total. The molecule has 2 atom stereocenters. The molecule has 0 spiro atoms. The van der Waals surface area contributed by atoms with Crippen molar-refractivity contribution in [3.63, 3.8) is 0 Å². The summed E-state index contributed by atoms with van der Waals surface area (Å²) >= 11 is 0. The average molecular weight is 270 g/mol. The number of hydrogen-bond donors (Lipinski definition) is 1. The molecule has 0 aliphatic heterocycles. The molecule has 1 aliphatic carbocycles. The minimum absolute atomic E-state index is 0.227. The molecule has 114 valence electrons. The third-order valence-corrected chi connectivity index (χ3v) is 4.73. The van der Waals surface area contributed by atoms with Gasteiger partial charge in [0.2, 0.25) is 0 Å². The quantitative estimate of drug-likeness (QED) is 0.737. The molecule has 1 rings (SSSR count). The minimum Gasteiger partial charge on any atom is -0.383 e. The van der Waals surface area contributed by atoms with Crippen LogP contribution in [0, 0.1) is 11.8 Å². The van der Waals surface area contributed by atoms with Gasteiger partial charge in [-0.25, -0.2) is 0 Å². The van der Waals surface area contributed by atoms with Crippen molar-refractivity contribution in [2.24, 2.45) is 17.6 Å². The molecule has 0 aromatic carbocycles. The van der Waals surface area contributed by atoms with Crippen LogP contribution in [0.4, 0.5) is 0 Å². The third kappa shape index (κ3) is 4.73. The molecule has 1 fully saturated rings. The lowest BCUT2D eigenvalue weighted by Gasteiger charge is -2.48. The monoisotopic (exact) mass is 270 g/mol. The standard InChI is InChI=1S/C16H34N2O/c1-5-18(9-10-19-4)16(13-17)8-6-7-15(12-16)11-14(2)3/h14-15H,5-13,17H2,1-4H3. The highest BCUT2D eigenvalue weighted by atomic mass is 16.5. The Morgan fingerprint density at radius 1 is 1.42 bits per heavy atom. The van der Waals surface area contributed by atoms with Gasteiger partial charge in [-0.05, 0) is 37.6 Å². The van der Waals surface area contributed by atoms with Crippen molar-refractivity contribution < 1.29 is 4.74 Å². The number of likely N-dealkylation sites (N-methyl/N-ethyl adjacent to an activating group) is 1. The fourth-order valence-corrected chi connectivity index (χ4v) is 3.86. The normalized spacial score (nSPS) is 28.3. The number of rotatable bonds is 8. The molecular weight excluding hydrogens is 236 g/mol. The fourth-order valence-electron chi connectivity index (χ4n) is 3.86. The number of hydrogen-bond acceptors (Lipinski definition) is 3. The van der Waals surface area contributed by atoms with E-state index in [2.05, 4.69) is 25.7 Å². The second kappa shape index (κ2) is 8.23. The van der Waals surface area contributed by atoms with E-state index >= 15 is 0 Å². The Kier molecular flexibility index (Phi) is 7.33. The Hall–Kier alpha value is -0.120. The second-order valence-electron chi connectivity index (χ2n) is 6.59. The van der Waals surface area contributed by atoms with E-state index in [0.717, 1.165) is 38.1 Å². The molecule has 2 unspecified atom stereocenters. The summed E-state index contributed by atoms with van der Waals surface area (Å²) in [5.41, 5.74) is 6.42. The Morgan fingerprint density at radius 2 is 2.16 bits per heavy atom. The molecule has 3 nitrogen and oxygen atoms in total. The molecule has 0 radical (unpaired) electrons. The zero-order valence-electron chi connectivity index (χ0n) is 13.5. The molecule has 0 heterocycles. The Labute approximate surface area is 119 Å². The van der Waals surface area contributed by atoms with Gasteiger partial charge in [-0.15, -0.1) is 0 Å². The summed E-state index contributed by atoms with van der Waals surface area (Å²) in [5.74, 6) is 1.65. The van der Waals surface area contributed by atoms with Gasteiger partial charge in [0.25, 0.3) is 0 Å². The number of nitrogens with two attached hydrogens (primary N) is 1. The molecule has 0 bridgehead atoms. The van der Waals surface area contributed by atoms with Crippen molar-refractivity contribution in [3.8, 4) is 0 Å². The summed E-state index contributed by atoms with van der Waals surface area (Å²) in [6.07, 6.45) is 6.61. The zero-order valence-corrected chi connectivity index (χ0v) is 13.5. The molecule has 0 aromatic heterocycles. The Morgan fingerprint density at radius 3 is 2.68 bits per heavy atom. The van der Waals surface area contributed by atoms with Crippen LogP contribution in [0.1, 0.15) is 52.9 Å². The number of methoxy groups -OCH3 is 1. The molecule has 0 aromatic rings. The van der Waals surface area contributed by atoms with Crippen molar-refractivity contribution >= 4 is 0 Å². The SMILES string of the molecule is CCN(CCOC)C1(CN)CCCC(CC(C)C)C1. The largest absolute Gasteiger partial charge is 0.383 e. The average Bonchev–Trinajstić information content (AvgIpc) is 2.39. The van der Waals surface area contributed by atoms with E-state index in [0.29, 0.717) is 0 Å². The molecule has 1 aliphatic rings. The van der Waals surface area contributed by atoms with Gasteiger partial charge >= 0.3 is 0 Å². The summed E-state index contributed by atoms with van der Waals surface area (Å²) in [7, 11) is 1.78. The Balaban J connectivity index is 2.70. The van der Waals surface area contributed by atoms with Gasteiger partial charge in [-0.1, -0.05) is 33.6 Å². The maximum Gasteiger partial charge on any atom is 0.0589 e. The van der Waals surface area contributed by atoms with Crippen molar-refractivity contribution in [3.05, 3.63) is 0 Å². The molecule has 3 heteroatoms. The lowest BCUT2D eigenvalue weighted by atomic mass is 9.72. The fraction of sp³-hybridized carbons (Fsp3) is 1.00. The van der Waals surface area contributed by atoms with Crippen LogP contribution in [-0.2, 0) is 4.74 Å². The zero-order chi connectivity index (χ0) is 14.3. The lowest BCUT2D eigenvalue weighted by Crippen LogP contribution is -2.57. The van der Waals surface area contributed by atoms with Crippen LogP contribution in [0.2, 0.25) is 0 Å². The van der Waals surface area contributed by atoms with E-state index < -0.39 is 0 Å². The van der Waals surface area contributed by atoms with Gasteiger partial charge < -0.3 is 10.5 Å². The predicted octanol–water partition coefficient (Wildman–Crippen LogP) is 2.89. The summed E-state index contributed by atoms with van der Waals surface area (Å²) in [5, 5.41) is 0. The van der Waals surface area contributed by atoms with E-state index in [1.807, 2.05) is 0 Å². The molecular formula is C16H34N2O. The van der Waals surface area contributed by atoms with Crippen LogP contribution in [0.15, 0.2) is 0 Å². The van der Waals surface area contributed by atoms with Gasteiger partial charge in [-0.3, -0.25) is 4.90 Å². The van der Waals surface area contributed by atoms with Crippen molar-refractivity contribution in [1.29, 1.82) is 0 Å². The highest BCUT2D eigenvalue weighted by Crippen LogP contribution is 2.38. The summed E-state index contributed by atoms with van der Waals surface area (Å²) in [6.45, 7) is 10.6. The number of ether oxygens (including phenoxy) is 1. The van der Waals surface area contributed by atoms with Gasteiger partial charge in [0.15, 0.2) is 0 Å². The maximum absolute atomic E-state index is 6.20. The van der Waals surface area contributed by atoms with Crippen LogP contribution in [-0.4, -0.2) is 43.8 Å². The number of nitrogens with zero attached hydrogens (tertiary/aromatic N) is 1. The highest BCUT2D eigenvalue weighted by molar-refractivity contribution is 4.96. The van der Waals surface area contributed by atoms with E-state index in [1.165, 1.54) is 32.1 Å². The van der Waals surface area contributed by atoms with E-state index in [4.69, 9.17) is 10.5 Å². The second-order valence-corrected chi connectivity index (χ2v) is 6.59. The van der Waals surface area contributed by atoms with E-state index in [-0.39, 0.29) is 5.54 Å². The van der Waals surface area contributed by atoms with Crippen LogP contribution in [0.5, 0.6) is 0 Å². The van der Waals surface area contributed by atoms with Gasteiger partial charge in [0.05, 0.1) is 6.61 Å². The Bertz CT molecular complexity index is 245. The maximum atomic E-state index is 6.20.